The lowest BCUT2D eigenvalue weighted by atomic mass is 10.0. The Balaban J connectivity index is 2.15. The van der Waals surface area contributed by atoms with E-state index in [0.717, 1.165) is 22.0 Å². The first kappa shape index (κ1) is 15.6. The minimum Gasteiger partial charge on any atom is -0.480 e. The molecule has 5 heteroatoms. The number of aliphatic carboxylic acids is 1. The quantitative estimate of drug-likeness (QED) is 0.383. The van der Waals surface area contributed by atoms with Gasteiger partial charge in [-0.2, -0.15) is 0 Å². The molecule has 0 unspecified atom stereocenters. The number of nitrogens with zero attached hydrogens (tertiary/aromatic N) is 1. The molecule has 0 amide bonds. The fourth-order valence-electron chi connectivity index (χ4n) is 2.75. The van der Waals surface area contributed by atoms with Gasteiger partial charge in [0, 0.05) is 22.7 Å². The number of benzene rings is 2. The van der Waals surface area contributed by atoms with Crippen LogP contribution >= 0.6 is 0 Å². The average molecular weight is 319 g/mol. The second-order valence-corrected chi connectivity index (χ2v) is 5.46. The van der Waals surface area contributed by atoms with E-state index in [1.54, 1.807) is 10.8 Å². The van der Waals surface area contributed by atoms with Gasteiger partial charge in [-0.05, 0) is 17.2 Å². The third-order valence-corrected chi connectivity index (χ3v) is 3.79. The molecule has 4 N–H and O–H groups in total. The highest BCUT2D eigenvalue weighted by molar-refractivity contribution is 6.10. The lowest BCUT2D eigenvalue weighted by Gasteiger charge is -2.03. The standard InChI is InChI=1S/C19H17N3O2/c20-19(21)15-11-22(12-17(23)24)16-8-4-7-14(18(15)16)10-9-13-5-2-1-3-6-13/h1-11H,12H2,(H3,20,21)(H,23,24)/b10-9+. The highest BCUT2D eigenvalue weighted by Crippen LogP contribution is 2.27. The van der Waals surface area contributed by atoms with Gasteiger partial charge in [0.2, 0.25) is 0 Å². The summed E-state index contributed by atoms with van der Waals surface area (Å²) < 4.78 is 1.61. The summed E-state index contributed by atoms with van der Waals surface area (Å²) in [6, 6.07) is 15.5. The maximum atomic E-state index is 11.1. The molecule has 0 radical (unpaired) electrons. The smallest absolute Gasteiger partial charge is 0.323 e. The summed E-state index contributed by atoms with van der Waals surface area (Å²) in [5.41, 5.74) is 8.94. The summed E-state index contributed by atoms with van der Waals surface area (Å²) in [6.07, 6.45) is 5.56. The summed E-state index contributed by atoms with van der Waals surface area (Å²) >= 11 is 0. The van der Waals surface area contributed by atoms with E-state index in [-0.39, 0.29) is 12.4 Å². The summed E-state index contributed by atoms with van der Waals surface area (Å²) in [5.74, 6) is -1.02. The number of amidine groups is 1. The SMILES string of the molecule is N=C(N)c1cn(CC(=O)O)c2cccc(/C=C/c3ccccc3)c12. The zero-order valence-corrected chi connectivity index (χ0v) is 12.9. The Bertz CT molecular complexity index is 940. The Morgan fingerprint density at radius 3 is 2.54 bits per heavy atom. The van der Waals surface area contributed by atoms with Crippen molar-refractivity contribution in [1.29, 1.82) is 5.41 Å². The van der Waals surface area contributed by atoms with E-state index in [9.17, 15) is 4.79 Å². The molecule has 3 aromatic rings. The predicted octanol–water partition coefficient (Wildman–Crippen LogP) is 3.18. The second-order valence-electron chi connectivity index (χ2n) is 5.46. The van der Waals surface area contributed by atoms with Crippen LogP contribution in [-0.4, -0.2) is 21.5 Å². The number of nitrogen functional groups attached to an aromatic ring is 1. The molecule has 2 aromatic carbocycles. The van der Waals surface area contributed by atoms with Crippen LogP contribution in [-0.2, 0) is 11.3 Å². The molecule has 0 aliphatic carbocycles. The molecule has 0 saturated carbocycles. The molecule has 0 bridgehead atoms. The fraction of sp³-hybridized carbons (Fsp3) is 0.0526. The van der Waals surface area contributed by atoms with Gasteiger partial charge < -0.3 is 15.4 Å². The first-order valence-corrected chi connectivity index (χ1v) is 7.47. The van der Waals surface area contributed by atoms with Gasteiger partial charge in [-0.1, -0.05) is 54.6 Å². The van der Waals surface area contributed by atoms with Crippen molar-refractivity contribution in [3.8, 4) is 0 Å². The summed E-state index contributed by atoms with van der Waals surface area (Å²) in [6.45, 7) is -0.171. The van der Waals surface area contributed by atoms with Crippen LogP contribution in [0.5, 0.6) is 0 Å². The normalized spacial score (nSPS) is 11.2. The number of aromatic nitrogens is 1. The van der Waals surface area contributed by atoms with E-state index in [1.165, 1.54) is 0 Å². The monoisotopic (exact) mass is 319 g/mol. The van der Waals surface area contributed by atoms with E-state index >= 15 is 0 Å². The molecule has 120 valence electrons. The van der Waals surface area contributed by atoms with Crippen molar-refractivity contribution >= 4 is 34.9 Å². The van der Waals surface area contributed by atoms with Crippen LogP contribution in [0.25, 0.3) is 23.1 Å². The van der Waals surface area contributed by atoms with Crippen molar-refractivity contribution in [3.63, 3.8) is 0 Å². The van der Waals surface area contributed by atoms with Gasteiger partial charge in [-0.25, -0.2) is 0 Å². The highest BCUT2D eigenvalue weighted by Gasteiger charge is 2.14. The number of nitrogens with one attached hydrogen (secondary N) is 1. The molecule has 0 saturated heterocycles. The van der Waals surface area contributed by atoms with Crippen LogP contribution in [0.3, 0.4) is 0 Å². The Morgan fingerprint density at radius 1 is 1.12 bits per heavy atom. The van der Waals surface area contributed by atoms with E-state index in [2.05, 4.69) is 0 Å². The molecule has 0 spiro atoms. The Labute approximate surface area is 139 Å². The second kappa shape index (κ2) is 6.42. The molecule has 1 heterocycles. The van der Waals surface area contributed by atoms with Crippen molar-refractivity contribution in [3.05, 3.63) is 71.4 Å². The summed E-state index contributed by atoms with van der Waals surface area (Å²) in [4.78, 5) is 11.1. The minimum absolute atomic E-state index is 0.0790. The first-order valence-electron chi connectivity index (χ1n) is 7.47. The summed E-state index contributed by atoms with van der Waals surface area (Å²) in [5, 5.41) is 17.7. The van der Waals surface area contributed by atoms with E-state index in [1.807, 2.05) is 60.7 Å². The maximum Gasteiger partial charge on any atom is 0.323 e. The molecule has 24 heavy (non-hydrogen) atoms. The number of hydrogen-bond donors (Lipinski definition) is 3. The van der Waals surface area contributed by atoms with Crippen LogP contribution in [0.4, 0.5) is 0 Å². The summed E-state index contributed by atoms with van der Waals surface area (Å²) in [7, 11) is 0. The predicted molar refractivity (Wildman–Crippen MR) is 96.0 cm³/mol. The van der Waals surface area contributed by atoms with Crippen molar-refractivity contribution in [2.75, 3.05) is 0 Å². The van der Waals surface area contributed by atoms with Crippen LogP contribution < -0.4 is 5.73 Å². The number of carboxylic acids is 1. The number of rotatable bonds is 5. The van der Waals surface area contributed by atoms with Crippen LogP contribution in [0.2, 0.25) is 0 Å². The Kier molecular flexibility index (Phi) is 4.16. The average Bonchev–Trinajstić information content (AvgIpc) is 2.93. The lowest BCUT2D eigenvalue weighted by Crippen LogP contribution is -2.11. The van der Waals surface area contributed by atoms with Gasteiger partial charge in [-0.3, -0.25) is 10.2 Å². The molecule has 0 aliphatic rings. The van der Waals surface area contributed by atoms with Crippen molar-refractivity contribution in [2.45, 2.75) is 6.54 Å². The topological polar surface area (TPSA) is 92.1 Å². The van der Waals surface area contributed by atoms with E-state index in [4.69, 9.17) is 16.2 Å². The number of carboxylic acid groups (broad SMARTS) is 1. The molecular weight excluding hydrogens is 302 g/mol. The molecule has 0 aliphatic heterocycles. The third-order valence-electron chi connectivity index (χ3n) is 3.79. The zero-order valence-electron chi connectivity index (χ0n) is 12.9. The van der Waals surface area contributed by atoms with Gasteiger partial charge in [0.25, 0.3) is 0 Å². The van der Waals surface area contributed by atoms with Crippen LogP contribution in [0.1, 0.15) is 16.7 Å². The number of fused-ring (bicyclic) bond motifs is 1. The fourth-order valence-corrected chi connectivity index (χ4v) is 2.75. The van der Waals surface area contributed by atoms with Crippen molar-refractivity contribution < 1.29 is 9.90 Å². The number of carbonyl (C=O) groups is 1. The minimum atomic E-state index is -0.938. The Morgan fingerprint density at radius 2 is 1.88 bits per heavy atom. The maximum absolute atomic E-state index is 11.1. The van der Waals surface area contributed by atoms with Gasteiger partial charge in [0.15, 0.2) is 0 Å². The lowest BCUT2D eigenvalue weighted by molar-refractivity contribution is -0.137. The van der Waals surface area contributed by atoms with Gasteiger partial charge in [-0.15, -0.1) is 0 Å². The van der Waals surface area contributed by atoms with Crippen LogP contribution in [0.15, 0.2) is 54.7 Å². The number of nitrogens with two attached hydrogens (primary N) is 1. The number of hydrogen-bond acceptors (Lipinski definition) is 2. The van der Waals surface area contributed by atoms with Crippen molar-refractivity contribution in [2.24, 2.45) is 5.73 Å². The zero-order chi connectivity index (χ0) is 17.1. The van der Waals surface area contributed by atoms with E-state index in [0.29, 0.717) is 5.56 Å². The molecule has 5 nitrogen and oxygen atoms in total. The largest absolute Gasteiger partial charge is 0.480 e. The Hall–Kier alpha value is -3.34. The first-order chi connectivity index (χ1) is 11.6. The third kappa shape index (κ3) is 3.05. The van der Waals surface area contributed by atoms with Gasteiger partial charge >= 0.3 is 5.97 Å². The van der Waals surface area contributed by atoms with E-state index < -0.39 is 5.97 Å². The molecule has 0 fully saturated rings. The highest BCUT2D eigenvalue weighted by atomic mass is 16.4. The van der Waals surface area contributed by atoms with Gasteiger partial charge in [0.1, 0.15) is 12.4 Å². The van der Waals surface area contributed by atoms with Crippen LogP contribution in [0, 0.1) is 5.41 Å². The molecular formula is C19H17N3O2. The van der Waals surface area contributed by atoms with Gasteiger partial charge in [0.05, 0.1) is 0 Å². The molecule has 3 rings (SSSR count). The molecule has 0 atom stereocenters. The molecule has 1 aromatic heterocycles. The van der Waals surface area contributed by atoms with Crippen molar-refractivity contribution in [1.82, 2.24) is 4.57 Å².